The first kappa shape index (κ1) is 7.96. The third-order valence-electron chi connectivity index (χ3n) is 0.750. The summed E-state index contributed by atoms with van der Waals surface area (Å²) < 4.78 is 0. The van der Waals surface area contributed by atoms with Crippen molar-refractivity contribution in [1.82, 2.24) is 15.4 Å². The number of hydrogen-bond acceptors (Lipinski definition) is 3. The first-order chi connectivity index (χ1) is 3.00. The molecule has 1 aliphatic rings. The number of nitrogens with one attached hydrogen (secondary N) is 3. The van der Waals surface area contributed by atoms with Crippen LogP contribution in [0.15, 0.2) is 0 Å². The Hall–Kier alpha value is 0.958. The molecule has 0 aromatic rings. The molecule has 0 unspecified atom stereocenters. The van der Waals surface area contributed by atoms with Crippen molar-refractivity contribution in [3.8, 4) is 0 Å². The summed E-state index contributed by atoms with van der Waals surface area (Å²) in [6.45, 7) is 0. The molecular formula is H9B3BiN3. The van der Waals surface area contributed by atoms with Gasteiger partial charge in [-0.15, -0.1) is 0 Å². The van der Waals surface area contributed by atoms with Gasteiger partial charge in [0.15, 0.2) is 0 Å². The van der Waals surface area contributed by atoms with Crippen LogP contribution in [0.2, 0.25) is 0 Å². The van der Waals surface area contributed by atoms with Crippen molar-refractivity contribution in [2.45, 2.75) is 0 Å². The minimum absolute atomic E-state index is 0. The van der Waals surface area contributed by atoms with Gasteiger partial charge in [-0.1, -0.05) is 0 Å². The second-order valence-electron chi connectivity index (χ2n) is 1.28. The quantitative estimate of drug-likeness (QED) is 0.393. The summed E-state index contributed by atoms with van der Waals surface area (Å²) in [5, 5.41) is 9.19. The standard InChI is InChI=1S/B3H6N3.Bi.3H/c1-4-2-6-3-5-1;;;;/h1-6H;;;;. The summed E-state index contributed by atoms with van der Waals surface area (Å²) in [4.78, 5) is 0. The van der Waals surface area contributed by atoms with Crippen molar-refractivity contribution >= 4 is 48.9 Å². The molecule has 0 atom stereocenters. The molecule has 0 aromatic carbocycles. The van der Waals surface area contributed by atoms with Gasteiger partial charge in [0.1, 0.15) is 0 Å². The van der Waals surface area contributed by atoms with Gasteiger partial charge in [0.2, 0.25) is 0 Å². The summed E-state index contributed by atoms with van der Waals surface area (Å²) in [5.41, 5.74) is 0. The average Bonchev–Trinajstić information content (AvgIpc) is 1.72. The zero-order valence-corrected chi connectivity index (χ0v) is 9.83. The molecule has 3 N–H and O–H groups in total. The van der Waals surface area contributed by atoms with Crippen molar-refractivity contribution in [3.63, 3.8) is 0 Å². The van der Waals surface area contributed by atoms with Gasteiger partial charge < -0.3 is 15.4 Å². The van der Waals surface area contributed by atoms with E-state index < -0.39 is 0 Å². The average molecular weight is 293 g/mol. The normalized spacial score (nSPS) is 17.1. The molecule has 0 bridgehead atoms. The van der Waals surface area contributed by atoms with E-state index in [2.05, 4.69) is 15.4 Å². The molecule has 0 radical (unpaired) electrons. The molecule has 38 valence electrons. The topological polar surface area (TPSA) is 36.1 Å². The Morgan fingerprint density at radius 3 is 1.14 bits per heavy atom. The minimum atomic E-state index is 0. The first-order valence-electron chi connectivity index (χ1n) is 2.12. The molecule has 1 rings (SSSR count). The zero-order chi connectivity index (χ0) is 4.24. The van der Waals surface area contributed by atoms with Gasteiger partial charge in [0.25, 0.3) is 22.6 Å². The second kappa shape index (κ2) is 5.10. The van der Waals surface area contributed by atoms with E-state index >= 15 is 0 Å². The van der Waals surface area contributed by atoms with E-state index in [9.17, 15) is 0 Å². The van der Waals surface area contributed by atoms with Crippen molar-refractivity contribution < 1.29 is 0 Å². The third-order valence-corrected chi connectivity index (χ3v) is 0.750. The molecule has 3 nitrogen and oxygen atoms in total. The maximum absolute atomic E-state index is 3.06. The summed E-state index contributed by atoms with van der Waals surface area (Å²) in [7, 11) is 2.81. The predicted molar refractivity (Wildman–Crippen MR) is 40.8 cm³/mol. The molecule has 1 fully saturated rings. The van der Waals surface area contributed by atoms with Crippen LogP contribution < -0.4 is 15.4 Å². The van der Waals surface area contributed by atoms with E-state index in [0.717, 1.165) is 22.6 Å². The SMILES string of the molecule is B1NBNBN1.[BiH3]. The first-order valence-corrected chi connectivity index (χ1v) is 2.12. The van der Waals surface area contributed by atoms with Gasteiger partial charge in [0.05, 0.1) is 0 Å². The molecule has 0 aliphatic carbocycles. The summed E-state index contributed by atoms with van der Waals surface area (Å²) in [6, 6.07) is 0. The van der Waals surface area contributed by atoms with Crippen LogP contribution in [-0.4, -0.2) is 48.9 Å². The Morgan fingerprint density at radius 1 is 0.714 bits per heavy atom. The monoisotopic (exact) mass is 293 g/mol. The molecule has 0 aromatic heterocycles. The van der Waals surface area contributed by atoms with E-state index in [1.165, 1.54) is 0 Å². The predicted octanol–water partition coefficient (Wildman–Crippen LogP) is -4.62. The van der Waals surface area contributed by atoms with Crippen molar-refractivity contribution in [2.24, 2.45) is 0 Å². The van der Waals surface area contributed by atoms with Crippen LogP contribution in [0.4, 0.5) is 0 Å². The number of rotatable bonds is 0. The molecule has 1 saturated heterocycles. The van der Waals surface area contributed by atoms with Gasteiger partial charge in [-0.05, 0) is 0 Å². The van der Waals surface area contributed by atoms with Crippen LogP contribution in [0.1, 0.15) is 0 Å². The molecule has 7 heavy (non-hydrogen) atoms. The number of hydrogen-bond donors (Lipinski definition) is 3. The Balaban J connectivity index is 0.000000360. The van der Waals surface area contributed by atoms with Crippen LogP contribution in [0.3, 0.4) is 0 Å². The zero-order valence-electron chi connectivity index (χ0n) is 4.33. The van der Waals surface area contributed by atoms with Crippen molar-refractivity contribution in [1.29, 1.82) is 0 Å². The van der Waals surface area contributed by atoms with Crippen molar-refractivity contribution in [2.75, 3.05) is 0 Å². The Kier molecular flexibility index (Phi) is 5.80. The second-order valence-corrected chi connectivity index (χ2v) is 1.28. The van der Waals surface area contributed by atoms with E-state index in [0.29, 0.717) is 0 Å². The van der Waals surface area contributed by atoms with E-state index in [-0.39, 0.29) is 26.2 Å². The van der Waals surface area contributed by atoms with Crippen molar-refractivity contribution in [3.05, 3.63) is 0 Å². The Morgan fingerprint density at radius 2 is 1.00 bits per heavy atom. The Bertz CT molecular complexity index is 25.7. The van der Waals surface area contributed by atoms with Crippen LogP contribution in [-0.2, 0) is 0 Å². The molecule has 0 saturated carbocycles. The molecule has 7 heteroatoms. The summed E-state index contributed by atoms with van der Waals surface area (Å²) in [6.07, 6.45) is 0. The van der Waals surface area contributed by atoms with Gasteiger partial charge in [0, 0.05) is 0 Å². The van der Waals surface area contributed by atoms with Crippen LogP contribution >= 0.6 is 0 Å². The third kappa shape index (κ3) is 3.53. The Labute approximate surface area is 64.4 Å². The van der Waals surface area contributed by atoms with E-state index in [4.69, 9.17) is 0 Å². The fourth-order valence-electron chi connectivity index (χ4n) is 0.453. The van der Waals surface area contributed by atoms with Crippen LogP contribution in [0.25, 0.3) is 0 Å². The summed E-state index contributed by atoms with van der Waals surface area (Å²) in [5.74, 6) is 0. The van der Waals surface area contributed by atoms with Crippen LogP contribution in [0, 0.1) is 0 Å². The molecule has 0 amide bonds. The van der Waals surface area contributed by atoms with Gasteiger partial charge in [-0.3, -0.25) is 0 Å². The fraction of sp³-hybridized carbons (Fsp3) is 0. The van der Waals surface area contributed by atoms with Crippen LogP contribution in [0.5, 0.6) is 0 Å². The van der Waals surface area contributed by atoms with E-state index in [1.807, 2.05) is 0 Å². The molecule has 0 spiro atoms. The van der Waals surface area contributed by atoms with Gasteiger partial charge in [-0.25, -0.2) is 0 Å². The fourth-order valence-corrected chi connectivity index (χ4v) is 0.453. The summed E-state index contributed by atoms with van der Waals surface area (Å²) >= 11 is 0. The van der Waals surface area contributed by atoms with Gasteiger partial charge in [-0.2, -0.15) is 0 Å². The molecule has 1 heterocycles. The maximum atomic E-state index is 3.06. The van der Waals surface area contributed by atoms with E-state index in [1.54, 1.807) is 0 Å². The molecular weight excluding hydrogens is 283 g/mol. The molecule has 1 aliphatic heterocycles. The van der Waals surface area contributed by atoms with Gasteiger partial charge >= 0.3 is 26.2 Å².